The van der Waals surface area contributed by atoms with E-state index in [2.05, 4.69) is 34.3 Å². The molecule has 0 spiro atoms. The Balaban J connectivity index is 1.86. The average molecular weight is 649 g/mol. The van der Waals surface area contributed by atoms with Gasteiger partial charge in [-0.3, -0.25) is 16.3 Å². The highest BCUT2D eigenvalue weighted by Gasteiger charge is 2.16. The molecule has 0 fully saturated rings. The third-order valence-corrected chi connectivity index (χ3v) is 9.07. The van der Waals surface area contributed by atoms with Gasteiger partial charge in [0.2, 0.25) is 0 Å². The lowest BCUT2D eigenvalue weighted by Crippen LogP contribution is -2.55. The van der Waals surface area contributed by atoms with Crippen LogP contribution < -0.4 is 16.8 Å². The van der Waals surface area contributed by atoms with Crippen molar-refractivity contribution in [1.29, 1.82) is 0 Å². The molecular formula is C40H68N6O. The van der Waals surface area contributed by atoms with Gasteiger partial charge < -0.3 is 10.2 Å². The molecule has 0 aromatic heterocycles. The van der Waals surface area contributed by atoms with Gasteiger partial charge in [-0.1, -0.05) is 136 Å². The fourth-order valence-electron chi connectivity index (χ4n) is 5.83. The van der Waals surface area contributed by atoms with Crippen LogP contribution in [0.15, 0.2) is 58.8 Å². The number of carbonyl (C=O) groups excluding carboxylic acids is 1. The molecule has 264 valence electrons. The van der Waals surface area contributed by atoms with Crippen molar-refractivity contribution in [3.8, 4) is 0 Å². The van der Waals surface area contributed by atoms with E-state index >= 15 is 0 Å². The zero-order valence-corrected chi connectivity index (χ0v) is 30.3. The van der Waals surface area contributed by atoms with Crippen LogP contribution in [0.25, 0.3) is 0 Å². The highest BCUT2D eigenvalue weighted by molar-refractivity contribution is 5.94. The summed E-state index contributed by atoms with van der Waals surface area (Å²) in [6, 6.07) is 15.1. The predicted octanol–water partition coefficient (Wildman–Crippen LogP) is 11.8. The highest BCUT2D eigenvalue weighted by atomic mass is 16.2. The van der Waals surface area contributed by atoms with Gasteiger partial charge in [-0.2, -0.15) is 10.2 Å². The summed E-state index contributed by atoms with van der Waals surface area (Å²) in [4.78, 5) is 15.7. The lowest BCUT2D eigenvalue weighted by atomic mass is 10.1. The molecule has 2 aromatic rings. The van der Waals surface area contributed by atoms with Gasteiger partial charge in [-0.05, 0) is 67.8 Å². The summed E-state index contributed by atoms with van der Waals surface area (Å²) in [6.45, 7) is 8.16. The van der Waals surface area contributed by atoms with E-state index in [1.54, 1.807) is 0 Å². The molecule has 2 aromatic carbocycles. The van der Waals surface area contributed by atoms with E-state index in [1.807, 2.05) is 55.5 Å². The number of hydrogen-bond donors (Lipinski definition) is 3. The molecule has 0 bridgehead atoms. The Morgan fingerprint density at radius 3 is 1.32 bits per heavy atom. The zero-order chi connectivity index (χ0) is 34.0. The molecule has 5 N–H and O–H groups in total. The van der Waals surface area contributed by atoms with Crippen LogP contribution in [0.5, 0.6) is 0 Å². The van der Waals surface area contributed by atoms with Crippen LogP contribution >= 0.6 is 0 Å². The summed E-state index contributed by atoms with van der Waals surface area (Å²) >= 11 is 0. The predicted molar refractivity (Wildman–Crippen MR) is 202 cm³/mol. The third kappa shape index (κ3) is 19.0. The van der Waals surface area contributed by atoms with Gasteiger partial charge >= 0.3 is 0 Å². The minimum atomic E-state index is -0.946. The van der Waals surface area contributed by atoms with Crippen molar-refractivity contribution in [3.05, 3.63) is 54.1 Å². The maximum atomic E-state index is 13.6. The van der Waals surface area contributed by atoms with Gasteiger partial charge in [0.15, 0.2) is 0 Å². The van der Waals surface area contributed by atoms with Crippen molar-refractivity contribution in [1.82, 2.24) is 4.90 Å². The second kappa shape index (κ2) is 25.3. The Hall–Kier alpha value is -2.77. The molecular weight excluding hydrogens is 580 g/mol. The largest absolute Gasteiger partial charge is 0.355 e. The van der Waals surface area contributed by atoms with E-state index in [-0.39, 0.29) is 5.91 Å². The van der Waals surface area contributed by atoms with Gasteiger partial charge in [0.05, 0.1) is 11.4 Å². The first kappa shape index (κ1) is 40.4. The Morgan fingerprint density at radius 1 is 0.574 bits per heavy atom. The van der Waals surface area contributed by atoms with Gasteiger partial charge in [0.25, 0.3) is 5.91 Å². The SMILES string of the molecule is CCCCCCCCCCCCN(CCCCCCCCCCCC)C(=O)c1ccc(N=Nc2ccc(NC(N)(N)CC)cc2)cc1. The van der Waals surface area contributed by atoms with E-state index < -0.39 is 5.79 Å². The maximum absolute atomic E-state index is 13.6. The first-order valence-corrected chi connectivity index (χ1v) is 19.2. The van der Waals surface area contributed by atoms with E-state index in [4.69, 9.17) is 11.5 Å². The zero-order valence-electron chi connectivity index (χ0n) is 30.3. The van der Waals surface area contributed by atoms with Crippen LogP contribution in [-0.2, 0) is 0 Å². The summed E-state index contributed by atoms with van der Waals surface area (Å²) in [5.74, 6) is -0.815. The number of rotatable bonds is 28. The first-order chi connectivity index (χ1) is 22.9. The number of nitrogens with zero attached hydrogens (tertiary/aromatic N) is 3. The second-order valence-electron chi connectivity index (χ2n) is 13.5. The molecule has 0 aliphatic carbocycles. The van der Waals surface area contributed by atoms with Crippen LogP contribution in [0.4, 0.5) is 17.1 Å². The van der Waals surface area contributed by atoms with E-state index in [0.29, 0.717) is 12.1 Å². The number of hydrogen-bond acceptors (Lipinski definition) is 6. The van der Waals surface area contributed by atoms with Crippen molar-refractivity contribution < 1.29 is 4.79 Å². The molecule has 7 nitrogen and oxygen atoms in total. The molecule has 0 aliphatic rings. The molecule has 1 amide bonds. The van der Waals surface area contributed by atoms with Gasteiger partial charge in [0, 0.05) is 24.3 Å². The van der Waals surface area contributed by atoms with Gasteiger partial charge in [0.1, 0.15) is 5.79 Å². The number of nitrogens with two attached hydrogens (primary N) is 2. The van der Waals surface area contributed by atoms with Gasteiger partial charge in [-0.15, -0.1) is 0 Å². The molecule has 0 unspecified atom stereocenters. The lowest BCUT2D eigenvalue weighted by Gasteiger charge is -2.25. The molecule has 0 saturated heterocycles. The lowest BCUT2D eigenvalue weighted by molar-refractivity contribution is 0.0749. The topological polar surface area (TPSA) is 109 Å². The molecule has 0 heterocycles. The maximum Gasteiger partial charge on any atom is 0.253 e. The number of amides is 1. The van der Waals surface area contributed by atoms with E-state index in [9.17, 15) is 4.79 Å². The fraction of sp³-hybridized carbons (Fsp3) is 0.675. The van der Waals surface area contributed by atoms with Crippen LogP contribution in [0.3, 0.4) is 0 Å². The number of benzene rings is 2. The first-order valence-electron chi connectivity index (χ1n) is 19.2. The second-order valence-corrected chi connectivity index (χ2v) is 13.5. The Kier molecular flexibility index (Phi) is 21.7. The number of nitrogens with one attached hydrogen (secondary N) is 1. The molecule has 0 aliphatic heterocycles. The Bertz CT molecular complexity index is 1060. The minimum Gasteiger partial charge on any atom is -0.355 e. The molecule has 47 heavy (non-hydrogen) atoms. The van der Waals surface area contributed by atoms with Crippen molar-refractivity contribution in [2.45, 2.75) is 161 Å². The quantitative estimate of drug-likeness (QED) is 0.0484. The van der Waals surface area contributed by atoms with Gasteiger partial charge in [-0.25, -0.2) is 0 Å². The molecule has 0 radical (unpaired) electrons. The van der Waals surface area contributed by atoms with Crippen LogP contribution in [0.1, 0.15) is 166 Å². The summed E-state index contributed by atoms with van der Waals surface area (Å²) in [7, 11) is 0. The van der Waals surface area contributed by atoms with Crippen LogP contribution in [0.2, 0.25) is 0 Å². The molecule has 0 atom stereocenters. The monoisotopic (exact) mass is 649 g/mol. The molecule has 2 rings (SSSR count). The summed E-state index contributed by atoms with van der Waals surface area (Å²) in [5.41, 5.74) is 15.0. The van der Waals surface area contributed by atoms with Crippen LogP contribution in [0, 0.1) is 0 Å². The minimum absolute atomic E-state index is 0.131. The van der Waals surface area contributed by atoms with E-state index in [0.717, 1.165) is 42.9 Å². The summed E-state index contributed by atoms with van der Waals surface area (Å²) in [5, 5.41) is 11.9. The van der Waals surface area contributed by atoms with Crippen molar-refractivity contribution >= 4 is 23.0 Å². The van der Waals surface area contributed by atoms with E-state index in [1.165, 1.54) is 116 Å². The molecule has 0 saturated carbocycles. The summed E-state index contributed by atoms with van der Waals surface area (Å²) in [6.07, 6.45) is 26.6. The Morgan fingerprint density at radius 2 is 0.936 bits per heavy atom. The average Bonchev–Trinajstić information content (AvgIpc) is 3.08. The van der Waals surface area contributed by atoms with Crippen molar-refractivity contribution in [3.63, 3.8) is 0 Å². The molecule has 7 heteroatoms. The number of azo groups is 1. The normalized spacial score (nSPS) is 11.8. The van der Waals surface area contributed by atoms with Crippen molar-refractivity contribution in [2.75, 3.05) is 18.4 Å². The number of anilines is 1. The smallest absolute Gasteiger partial charge is 0.253 e. The third-order valence-electron chi connectivity index (χ3n) is 9.07. The standard InChI is InChI=1S/C40H68N6O/c1-4-7-9-11-13-15-17-19-21-23-33-46(34-24-22-20-18-16-14-12-10-8-5-2)39(47)35-25-27-37(28-26-35)44-45-38-31-29-36(30-32-38)43-40(41,42)6-3/h25-32,43H,4-24,33-34,41-42H2,1-3H3. The van der Waals surface area contributed by atoms with Crippen LogP contribution in [-0.4, -0.2) is 29.7 Å². The number of carbonyl (C=O) groups is 1. The highest BCUT2D eigenvalue weighted by Crippen LogP contribution is 2.22. The Labute approximate surface area is 287 Å². The summed E-state index contributed by atoms with van der Waals surface area (Å²) < 4.78 is 0. The fourth-order valence-corrected chi connectivity index (χ4v) is 5.83. The number of unbranched alkanes of at least 4 members (excludes halogenated alkanes) is 18. The van der Waals surface area contributed by atoms with Crippen molar-refractivity contribution in [2.24, 2.45) is 21.7 Å².